The van der Waals surface area contributed by atoms with Crippen LogP contribution in [0.25, 0.3) is 10.2 Å². The van der Waals surface area contributed by atoms with E-state index in [-0.39, 0.29) is 0 Å². The molecule has 1 aliphatic heterocycles. The van der Waals surface area contributed by atoms with Gasteiger partial charge in [-0.25, -0.2) is 9.97 Å². The van der Waals surface area contributed by atoms with Crippen molar-refractivity contribution in [3.8, 4) is 0 Å². The zero-order valence-electron chi connectivity index (χ0n) is 16.1. The van der Waals surface area contributed by atoms with Gasteiger partial charge in [0.05, 0.1) is 5.39 Å². The van der Waals surface area contributed by atoms with Crippen molar-refractivity contribution in [2.75, 3.05) is 38.0 Å². The number of thiophene rings is 1. The van der Waals surface area contributed by atoms with Gasteiger partial charge in [-0.2, -0.15) is 0 Å². The van der Waals surface area contributed by atoms with Gasteiger partial charge in [0.15, 0.2) is 0 Å². The first-order valence-corrected chi connectivity index (χ1v) is 10.5. The van der Waals surface area contributed by atoms with Crippen molar-refractivity contribution in [1.82, 2.24) is 19.8 Å². The highest BCUT2D eigenvalue weighted by molar-refractivity contribution is 7.18. The van der Waals surface area contributed by atoms with Crippen LogP contribution in [0.3, 0.4) is 0 Å². The Balaban J connectivity index is 1.45. The van der Waals surface area contributed by atoms with Gasteiger partial charge in [0.25, 0.3) is 0 Å². The van der Waals surface area contributed by atoms with Crippen LogP contribution in [0.15, 0.2) is 36.7 Å². The molecule has 0 bridgehead atoms. The number of rotatable bonds is 6. The summed E-state index contributed by atoms with van der Waals surface area (Å²) in [4.78, 5) is 16.2. The van der Waals surface area contributed by atoms with Gasteiger partial charge in [0.2, 0.25) is 0 Å². The lowest BCUT2D eigenvalue weighted by atomic mass is 10.1. The van der Waals surface area contributed by atoms with Crippen LogP contribution in [0, 0.1) is 6.92 Å². The standard InChI is InChI=1S/C21H27N5S/c1-3-25-8-10-26(11-9-25)14-18-7-5-4-6-17(18)13-22-20-19-12-16(2)27-21(19)24-15-23-20/h4-7,12,15H,3,8-11,13-14H2,1-2H3,(H,22,23,24). The summed E-state index contributed by atoms with van der Waals surface area (Å²) in [5.41, 5.74) is 2.75. The Kier molecular flexibility index (Phi) is 5.66. The average molecular weight is 382 g/mol. The molecule has 1 saturated heterocycles. The largest absolute Gasteiger partial charge is 0.365 e. The van der Waals surface area contributed by atoms with Crippen molar-refractivity contribution in [3.05, 3.63) is 52.7 Å². The van der Waals surface area contributed by atoms with Crippen LogP contribution in [0.2, 0.25) is 0 Å². The first-order chi connectivity index (χ1) is 13.2. The van der Waals surface area contributed by atoms with E-state index in [0.717, 1.165) is 48.8 Å². The van der Waals surface area contributed by atoms with Crippen LogP contribution in [0.5, 0.6) is 0 Å². The summed E-state index contributed by atoms with van der Waals surface area (Å²) in [6.45, 7) is 12.0. The number of hydrogen-bond donors (Lipinski definition) is 1. The lowest BCUT2D eigenvalue weighted by Crippen LogP contribution is -2.45. The molecule has 1 fully saturated rings. The Hall–Kier alpha value is -2.02. The molecule has 4 rings (SSSR count). The predicted molar refractivity (Wildman–Crippen MR) is 113 cm³/mol. The maximum absolute atomic E-state index is 4.47. The van der Waals surface area contributed by atoms with Gasteiger partial charge in [-0.05, 0) is 30.7 Å². The molecule has 0 saturated carbocycles. The fourth-order valence-corrected chi connectivity index (χ4v) is 4.53. The number of likely N-dealkylation sites (N-methyl/N-ethyl adjacent to an activating group) is 1. The summed E-state index contributed by atoms with van der Waals surface area (Å²) in [6, 6.07) is 10.9. The van der Waals surface area contributed by atoms with Crippen LogP contribution in [-0.2, 0) is 13.1 Å². The molecule has 27 heavy (non-hydrogen) atoms. The lowest BCUT2D eigenvalue weighted by Gasteiger charge is -2.34. The molecule has 6 heteroatoms. The number of fused-ring (bicyclic) bond motifs is 1. The molecule has 0 aliphatic carbocycles. The summed E-state index contributed by atoms with van der Waals surface area (Å²) in [5, 5.41) is 4.66. The lowest BCUT2D eigenvalue weighted by molar-refractivity contribution is 0.131. The normalized spacial score (nSPS) is 16.1. The van der Waals surface area contributed by atoms with E-state index < -0.39 is 0 Å². The summed E-state index contributed by atoms with van der Waals surface area (Å²) in [6.07, 6.45) is 1.65. The van der Waals surface area contributed by atoms with Gasteiger partial charge in [-0.1, -0.05) is 31.2 Å². The molecular weight excluding hydrogens is 354 g/mol. The third-order valence-corrected chi connectivity index (χ3v) is 6.28. The molecule has 0 spiro atoms. The second-order valence-electron chi connectivity index (χ2n) is 7.13. The molecule has 0 unspecified atom stereocenters. The molecule has 1 N–H and O–H groups in total. The minimum absolute atomic E-state index is 0.784. The van der Waals surface area contributed by atoms with Gasteiger partial charge < -0.3 is 10.2 Å². The zero-order valence-corrected chi connectivity index (χ0v) is 16.9. The number of nitrogens with zero attached hydrogens (tertiary/aromatic N) is 4. The quantitative estimate of drug-likeness (QED) is 0.704. The van der Waals surface area contributed by atoms with Crippen molar-refractivity contribution in [3.63, 3.8) is 0 Å². The second kappa shape index (κ2) is 8.33. The fourth-order valence-electron chi connectivity index (χ4n) is 3.68. The number of aryl methyl sites for hydroxylation is 1. The smallest absolute Gasteiger partial charge is 0.138 e. The maximum atomic E-state index is 4.47. The van der Waals surface area contributed by atoms with Crippen molar-refractivity contribution < 1.29 is 0 Å². The average Bonchev–Trinajstić information content (AvgIpc) is 3.09. The van der Waals surface area contributed by atoms with Crippen LogP contribution in [-0.4, -0.2) is 52.5 Å². The Labute approximate surface area is 165 Å². The Morgan fingerprint density at radius 3 is 2.56 bits per heavy atom. The molecule has 0 amide bonds. The Bertz CT molecular complexity index is 898. The van der Waals surface area contributed by atoms with Crippen LogP contribution in [0.4, 0.5) is 5.82 Å². The van der Waals surface area contributed by atoms with Crippen LogP contribution >= 0.6 is 11.3 Å². The highest BCUT2D eigenvalue weighted by Gasteiger charge is 2.16. The molecule has 0 atom stereocenters. The van der Waals surface area contributed by atoms with Crippen molar-refractivity contribution >= 4 is 27.4 Å². The van der Waals surface area contributed by atoms with E-state index in [1.807, 2.05) is 0 Å². The highest BCUT2D eigenvalue weighted by Crippen LogP contribution is 2.28. The van der Waals surface area contributed by atoms with Crippen LogP contribution < -0.4 is 5.32 Å². The van der Waals surface area contributed by atoms with E-state index >= 15 is 0 Å². The number of piperazine rings is 1. The second-order valence-corrected chi connectivity index (χ2v) is 8.37. The minimum Gasteiger partial charge on any atom is -0.365 e. The van der Waals surface area contributed by atoms with Crippen molar-refractivity contribution in [1.29, 1.82) is 0 Å². The number of benzene rings is 1. The van der Waals surface area contributed by atoms with Gasteiger partial charge in [-0.15, -0.1) is 11.3 Å². The van der Waals surface area contributed by atoms with Crippen molar-refractivity contribution in [2.24, 2.45) is 0 Å². The molecule has 3 aromatic rings. The van der Waals surface area contributed by atoms with E-state index in [4.69, 9.17) is 0 Å². The zero-order chi connectivity index (χ0) is 18.6. The first kappa shape index (κ1) is 18.3. The van der Waals surface area contributed by atoms with Gasteiger partial charge in [0, 0.05) is 44.1 Å². The SMILES string of the molecule is CCN1CCN(Cc2ccccc2CNc2ncnc3sc(C)cc23)CC1. The third-order valence-electron chi connectivity index (χ3n) is 5.32. The molecule has 142 valence electrons. The molecule has 5 nitrogen and oxygen atoms in total. The molecule has 0 radical (unpaired) electrons. The topological polar surface area (TPSA) is 44.3 Å². The van der Waals surface area contributed by atoms with Gasteiger partial charge in [-0.3, -0.25) is 4.90 Å². The number of aromatic nitrogens is 2. The fraction of sp³-hybridized carbons (Fsp3) is 0.429. The Morgan fingerprint density at radius 1 is 1.04 bits per heavy atom. The maximum Gasteiger partial charge on any atom is 0.138 e. The molecular formula is C21H27N5S. The van der Waals surface area contributed by atoms with Gasteiger partial charge >= 0.3 is 0 Å². The third kappa shape index (κ3) is 4.29. The monoisotopic (exact) mass is 381 g/mol. The molecule has 2 aromatic heterocycles. The van der Waals surface area contributed by atoms with E-state index in [0.29, 0.717) is 0 Å². The van der Waals surface area contributed by atoms with Crippen molar-refractivity contribution in [2.45, 2.75) is 26.9 Å². The highest BCUT2D eigenvalue weighted by atomic mass is 32.1. The number of anilines is 1. The van der Waals surface area contributed by atoms with E-state index in [1.165, 1.54) is 29.1 Å². The van der Waals surface area contributed by atoms with Gasteiger partial charge in [0.1, 0.15) is 17.0 Å². The number of nitrogens with one attached hydrogen (secondary N) is 1. The molecule has 3 heterocycles. The van der Waals surface area contributed by atoms with E-state index in [1.54, 1.807) is 17.7 Å². The van der Waals surface area contributed by atoms with Crippen LogP contribution in [0.1, 0.15) is 22.9 Å². The molecule has 1 aliphatic rings. The molecule has 1 aromatic carbocycles. The summed E-state index contributed by atoms with van der Waals surface area (Å²) < 4.78 is 0. The van der Waals surface area contributed by atoms with E-state index in [9.17, 15) is 0 Å². The summed E-state index contributed by atoms with van der Waals surface area (Å²) >= 11 is 1.71. The van der Waals surface area contributed by atoms with E-state index in [2.05, 4.69) is 69.3 Å². The Morgan fingerprint density at radius 2 is 1.78 bits per heavy atom. The number of hydrogen-bond acceptors (Lipinski definition) is 6. The summed E-state index contributed by atoms with van der Waals surface area (Å²) in [5.74, 6) is 0.927. The minimum atomic E-state index is 0.784. The summed E-state index contributed by atoms with van der Waals surface area (Å²) in [7, 11) is 0. The predicted octanol–water partition coefficient (Wildman–Crippen LogP) is 3.75. The first-order valence-electron chi connectivity index (χ1n) is 9.69.